The summed E-state index contributed by atoms with van der Waals surface area (Å²) in [6.45, 7) is 0. The lowest BCUT2D eigenvalue weighted by atomic mass is 9.90. The molecule has 1 saturated carbocycles. The molecule has 1 fully saturated rings. The number of amides is 1. The van der Waals surface area contributed by atoms with E-state index in [0.29, 0.717) is 11.5 Å². The first-order valence-corrected chi connectivity index (χ1v) is 9.60. The van der Waals surface area contributed by atoms with Crippen LogP contribution in [0.25, 0.3) is 0 Å². The maximum Gasteiger partial charge on any atom is 0.271 e. The third-order valence-electron chi connectivity index (χ3n) is 4.36. The molecule has 1 aromatic carbocycles. The van der Waals surface area contributed by atoms with Crippen molar-refractivity contribution in [2.45, 2.75) is 43.0 Å². The summed E-state index contributed by atoms with van der Waals surface area (Å²) in [5.74, 6) is 1.13. The maximum atomic E-state index is 12.1. The Morgan fingerprint density at radius 2 is 2.08 bits per heavy atom. The van der Waals surface area contributed by atoms with Crippen LogP contribution in [0.4, 0.5) is 0 Å². The van der Waals surface area contributed by atoms with Crippen molar-refractivity contribution >= 4 is 23.9 Å². The number of nitrogens with one attached hydrogen (secondary N) is 1. The molecule has 7 heteroatoms. The topological polar surface area (TPSA) is 72.2 Å². The summed E-state index contributed by atoms with van der Waals surface area (Å²) in [6, 6.07) is 7.59. The highest BCUT2D eigenvalue weighted by Gasteiger charge is 2.11. The van der Waals surface area contributed by atoms with Crippen molar-refractivity contribution in [2.24, 2.45) is 18.1 Å². The zero-order valence-electron chi connectivity index (χ0n) is 14.4. The van der Waals surface area contributed by atoms with Gasteiger partial charge in [0.2, 0.25) is 0 Å². The lowest BCUT2D eigenvalue weighted by molar-refractivity contribution is 0.0955. The van der Waals surface area contributed by atoms with Gasteiger partial charge in [0.15, 0.2) is 5.16 Å². The average Bonchev–Trinajstić information content (AvgIpc) is 3.06. The van der Waals surface area contributed by atoms with Gasteiger partial charge in [-0.1, -0.05) is 43.2 Å². The Morgan fingerprint density at radius 3 is 2.76 bits per heavy atom. The second-order valence-corrected chi connectivity index (χ2v) is 7.27. The van der Waals surface area contributed by atoms with Crippen molar-refractivity contribution in [2.75, 3.05) is 0 Å². The van der Waals surface area contributed by atoms with E-state index in [4.69, 9.17) is 0 Å². The highest BCUT2D eigenvalue weighted by Crippen LogP contribution is 2.22. The summed E-state index contributed by atoms with van der Waals surface area (Å²) in [5.41, 5.74) is 4.38. The number of carbonyl (C=O) groups excluding carboxylic acids is 1. The summed E-state index contributed by atoms with van der Waals surface area (Å²) in [7, 11) is 1.92. The van der Waals surface area contributed by atoms with Gasteiger partial charge in [0.25, 0.3) is 5.91 Å². The fourth-order valence-corrected chi connectivity index (χ4v) is 3.70. The number of aryl methyl sites for hydroxylation is 1. The summed E-state index contributed by atoms with van der Waals surface area (Å²) >= 11 is 1.62. The van der Waals surface area contributed by atoms with Crippen LogP contribution < -0.4 is 5.43 Å². The number of rotatable bonds is 6. The summed E-state index contributed by atoms with van der Waals surface area (Å²) in [5, 5.41) is 12.9. The summed E-state index contributed by atoms with van der Waals surface area (Å²) in [4.78, 5) is 12.1. The largest absolute Gasteiger partial charge is 0.312 e. The smallest absolute Gasteiger partial charge is 0.271 e. The van der Waals surface area contributed by atoms with Gasteiger partial charge in [-0.3, -0.25) is 4.79 Å². The Balaban J connectivity index is 1.48. The molecule has 0 radical (unpaired) electrons. The summed E-state index contributed by atoms with van der Waals surface area (Å²) in [6.07, 6.45) is 9.77. The van der Waals surface area contributed by atoms with Crippen molar-refractivity contribution in [3.63, 3.8) is 0 Å². The highest BCUT2D eigenvalue weighted by atomic mass is 32.2. The number of nitrogens with zero attached hydrogens (tertiary/aromatic N) is 4. The van der Waals surface area contributed by atoms with Crippen molar-refractivity contribution in [1.29, 1.82) is 0 Å². The average molecular weight is 357 g/mol. The lowest BCUT2D eigenvalue weighted by Crippen LogP contribution is -2.19. The fourth-order valence-electron chi connectivity index (χ4n) is 2.85. The van der Waals surface area contributed by atoms with Crippen LogP contribution in [0.15, 0.2) is 40.9 Å². The molecule has 1 heterocycles. The van der Waals surface area contributed by atoms with Gasteiger partial charge >= 0.3 is 0 Å². The van der Waals surface area contributed by atoms with Gasteiger partial charge in [0.05, 0.1) is 0 Å². The van der Waals surface area contributed by atoms with Gasteiger partial charge in [-0.05, 0) is 36.5 Å². The molecule has 0 spiro atoms. The molecule has 0 unspecified atom stereocenters. The first-order chi connectivity index (χ1) is 12.2. The third-order valence-corrected chi connectivity index (χ3v) is 5.46. The van der Waals surface area contributed by atoms with Crippen LogP contribution in [0.1, 0.15) is 48.0 Å². The Labute approximate surface area is 152 Å². The SMILES string of the molecule is Cn1cnnc1SCc1ccc(C(=O)N/N=C/C2CCCCC2)cc1. The van der Waals surface area contributed by atoms with E-state index >= 15 is 0 Å². The van der Waals surface area contributed by atoms with E-state index in [-0.39, 0.29) is 5.91 Å². The van der Waals surface area contributed by atoms with E-state index in [2.05, 4.69) is 20.7 Å². The molecule has 0 bridgehead atoms. The number of hydrogen-bond acceptors (Lipinski definition) is 5. The van der Waals surface area contributed by atoms with Gasteiger partial charge in [-0.25, -0.2) is 5.43 Å². The van der Waals surface area contributed by atoms with Gasteiger partial charge in [-0.2, -0.15) is 5.10 Å². The monoisotopic (exact) mass is 357 g/mol. The lowest BCUT2D eigenvalue weighted by Gasteiger charge is -2.16. The van der Waals surface area contributed by atoms with Crippen molar-refractivity contribution in [3.05, 3.63) is 41.7 Å². The molecule has 3 rings (SSSR count). The first kappa shape index (κ1) is 17.7. The minimum absolute atomic E-state index is 0.167. The van der Waals surface area contributed by atoms with Crippen LogP contribution in [0.2, 0.25) is 0 Å². The van der Waals surface area contributed by atoms with Gasteiger partial charge < -0.3 is 4.57 Å². The maximum absolute atomic E-state index is 12.1. The second kappa shape index (κ2) is 8.80. The van der Waals surface area contributed by atoms with E-state index < -0.39 is 0 Å². The second-order valence-electron chi connectivity index (χ2n) is 6.33. The summed E-state index contributed by atoms with van der Waals surface area (Å²) < 4.78 is 1.89. The van der Waals surface area contributed by atoms with E-state index in [1.165, 1.54) is 32.1 Å². The molecule has 6 nitrogen and oxygen atoms in total. The number of hydrogen-bond donors (Lipinski definition) is 1. The number of carbonyl (C=O) groups is 1. The molecule has 0 saturated heterocycles. The first-order valence-electron chi connectivity index (χ1n) is 8.61. The van der Waals surface area contributed by atoms with Gasteiger partial charge in [0.1, 0.15) is 6.33 Å². The number of benzene rings is 1. The minimum Gasteiger partial charge on any atom is -0.312 e. The van der Waals surface area contributed by atoms with E-state index in [9.17, 15) is 4.79 Å². The molecule has 1 aromatic heterocycles. The van der Waals surface area contributed by atoms with Crippen molar-refractivity contribution in [1.82, 2.24) is 20.2 Å². The van der Waals surface area contributed by atoms with Crippen LogP contribution >= 0.6 is 11.8 Å². The van der Waals surface area contributed by atoms with Crippen LogP contribution in [-0.4, -0.2) is 26.9 Å². The molecular formula is C18H23N5OS. The third kappa shape index (κ3) is 5.16. The van der Waals surface area contributed by atoms with Crippen molar-refractivity contribution < 1.29 is 4.79 Å². The van der Waals surface area contributed by atoms with E-state index in [1.807, 2.05) is 42.1 Å². The van der Waals surface area contributed by atoms with Crippen LogP contribution in [0.3, 0.4) is 0 Å². The quantitative estimate of drug-likeness (QED) is 0.488. The fraction of sp³-hybridized carbons (Fsp3) is 0.444. The van der Waals surface area contributed by atoms with Crippen LogP contribution in [-0.2, 0) is 12.8 Å². The molecule has 2 aromatic rings. The molecule has 0 aliphatic heterocycles. The zero-order chi connectivity index (χ0) is 17.5. The Morgan fingerprint density at radius 1 is 1.32 bits per heavy atom. The number of thioether (sulfide) groups is 1. The van der Waals surface area contributed by atoms with Gasteiger partial charge in [-0.15, -0.1) is 10.2 Å². The normalized spacial score (nSPS) is 15.6. The molecule has 1 aliphatic carbocycles. The minimum atomic E-state index is -0.167. The molecule has 132 valence electrons. The number of hydrazone groups is 1. The molecule has 0 atom stereocenters. The molecule has 1 amide bonds. The molecule has 1 aliphatic rings. The van der Waals surface area contributed by atoms with Gasteiger partial charge in [0, 0.05) is 24.6 Å². The molecular weight excluding hydrogens is 334 g/mol. The molecule has 1 N–H and O–H groups in total. The zero-order valence-corrected chi connectivity index (χ0v) is 15.2. The van der Waals surface area contributed by atoms with Crippen LogP contribution in [0.5, 0.6) is 0 Å². The highest BCUT2D eigenvalue weighted by molar-refractivity contribution is 7.98. The van der Waals surface area contributed by atoms with Crippen molar-refractivity contribution in [3.8, 4) is 0 Å². The Kier molecular flexibility index (Phi) is 6.22. The standard InChI is InChI=1S/C18H23N5OS/c1-23-13-20-22-18(23)25-12-15-7-9-16(10-8-15)17(24)21-19-11-14-5-3-2-4-6-14/h7-11,13-14H,2-6,12H2,1H3,(H,21,24)/b19-11+. The number of aromatic nitrogens is 3. The molecule has 25 heavy (non-hydrogen) atoms. The van der Waals surface area contributed by atoms with E-state index in [0.717, 1.165) is 16.5 Å². The van der Waals surface area contributed by atoms with E-state index in [1.54, 1.807) is 18.1 Å². The van der Waals surface area contributed by atoms with Crippen LogP contribution in [0, 0.1) is 5.92 Å². The predicted octanol–water partition coefficient (Wildman–Crippen LogP) is 3.40. The Bertz CT molecular complexity index is 719. The Hall–Kier alpha value is -2.15. The predicted molar refractivity (Wildman–Crippen MR) is 99.5 cm³/mol.